The third-order valence-electron chi connectivity index (χ3n) is 4.62. The summed E-state index contributed by atoms with van der Waals surface area (Å²) in [5, 5.41) is 0. The topological polar surface area (TPSA) is 74.4 Å². The quantitative estimate of drug-likeness (QED) is 0.550. The molecule has 0 bridgehead atoms. The number of imidazole rings is 2. The number of fused-ring (bicyclic) bond motifs is 2. The number of carbonyl (C=O) groups excluding carboxylic acids is 1. The van der Waals surface area contributed by atoms with Gasteiger partial charge in [-0.1, -0.05) is 0 Å². The van der Waals surface area contributed by atoms with Crippen LogP contribution >= 0.6 is 0 Å². The standard InChI is InChI=1S/C19H18N4O/c1-9-5-13-14(6-10(9)2)21-18(20-13)17(24)19-22-15-7-11(3)12(4)8-16(15)23-19/h5-8H,1-4H3,(H,20,21)(H,22,23). The molecule has 120 valence electrons. The van der Waals surface area contributed by atoms with Crippen molar-refractivity contribution in [2.24, 2.45) is 0 Å². The van der Waals surface area contributed by atoms with Gasteiger partial charge in [-0.2, -0.15) is 0 Å². The Labute approximate surface area is 139 Å². The van der Waals surface area contributed by atoms with Crippen LogP contribution in [0.25, 0.3) is 22.1 Å². The van der Waals surface area contributed by atoms with E-state index in [2.05, 4.69) is 19.9 Å². The number of hydrogen-bond acceptors (Lipinski definition) is 3. The Balaban J connectivity index is 1.80. The van der Waals surface area contributed by atoms with E-state index in [-0.39, 0.29) is 5.78 Å². The van der Waals surface area contributed by atoms with Gasteiger partial charge in [-0.05, 0) is 74.2 Å². The average molecular weight is 318 g/mol. The Morgan fingerprint density at radius 3 is 1.50 bits per heavy atom. The lowest BCUT2D eigenvalue weighted by Gasteiger charge is -1.97. The van der Waals surface area contributed by atoms with Crippen molar-refractivity contribution in [3.8, 4) is 0 Å². The fourth-order valence-electron chi connectivity index (χ4n) is 2.87. The minimum absolute atomic E-state index is 0.229. The van der Waals surface area contributed by atoms with Crippen LogP contribution < -0.4 is 0 Å². The molecule has 0 amide bonds. The van der Waals surface area contributed by atoms with E-state index in [1.165, 1.54) is 11.1 Å². The third kappa shape index (κ3) is 2.21. The highest BCUT2D eigenvalue weighted by molar-refractivity contribution is 6.07. The van der Waals surface area contributed by atoms with Crippen LogP contribution in [0.1, 0.15) is 38.7 Å². The molecule has 0 radical (unpaired) electrons. The Kier molecular flexibility index (Phi) is 3.06. The van der Waals surface area contributed by atoms with E-state index in [1.54, 1.807) is 0 Å². The number of H-pyrrole nitrogens is 2. The maximum absolute atomic E-state index is 12.7. The highest BCUT2D eigenvalue weighted by Gasteiger charge is 2.18. The molecule has 5 nitrogen and oxygen atoms in total. The predicted octanol–water partition coefficient (Wildman–Crippen LogP) is 3.90. The zero-order valence-electron chi connectivity index (χ0n) is 14.1. The molecule has 2 heterocycles. The van der Waals surface area contributed by atoms with Crippen molar-refractivity contribution in [3.63, 3.8) is 0 Å². The first-order chi connectivity index (χ1) is 11.4. The highest BCUT2D eigenvalue weighted by Crippen LogP contribution is 2.20. The fourth-order valence-corrected chi connectivity index (χ4v) is 2.87. The molecule has 24 heavy (non-hydrogen) atoms. The van der Waals surface area contributed by atoms with Crippen molar-refractivity contribution < 1.29 is 4.79 Å². The van der Waals surface area contributed by atoms with Crippen LogP contribution in [0.5, 0.6) is 0 Å². The van der Waals surface area contributed by atoms with E-state index in [1.807, 2.05) is 52.0 Å². The van der Waals surface area contributed by atoms with E-state index in [0.29, 0.717) is 11.6 Å². The first kappa shape index (κ1) is 14.6. The van der Waals surface area contributed by atoms with E-state index < -0.39 is 0 Å². The van der Waals surface area contributed by atoms with E-state index in [4.69, 9.17) is 0 Å². The molecular weight excluding hydrogens is 300 g/mol. The first-order valence-corrected chi connectivity index (χ1v) is 7.91. The minimum atomic E-state index is -0.229. The van der Waals surface area contributed by atoms with Gasteiger partial charge in [0, 0.05) is 0 Å². The van der Waals surface area contributed by atoms with Gasteiger partial charge in [-0.25, -0.2) is 9.97 Å². The summed E-state index contributed by atoms with van der Waals surface area (Å²) in [5.41, 5.74) is 7.96. The number of aryl methyl sites for hydroxylation is 4. The lowest BCUT2D eigenvalue weighted by atomic mass is 10.1. The average Bonchev–Trinajstić information content (AvgIpc) is 3.11. The number of nitrogens with one attached hydrogen (secondary N) is 2. The van der Waals surface area contributed by atoms with Crippen LogP contribution in [0, 0.1) is 27.7 Å². The second kappa shape index (κ2) is 5.03. The maximum Gasteiger partial charge on any atom is 0.263 e. The van der Waals surface area contributed by atoms with Crippen molar-refractivity contribution in [2.45, 2.75) is 27.7 Å². The Morgan fingerprint density at radius 1 is 0.708 bits per heavy atom. The number of aromatic amines is 2. The second-order valence-corrected chi connectivity index (χ2v) is 6.41. The van der Waals surface area contributed by atoms with Crippen molar-refractivity contribution in [1.29, 1.82) is 0 Å². The molecular formula is C19H18N4O. The smallest absolute Gasteiger partial charge is 0.263 e. The molecule has 0 saturated heterocycles. The van der Waals surface area contributed by atoms with Gasteiger partial charge in [-0.3, -0.25) is 4.79 Å². The zero-order valence-corrected chi connectivity index (χ0v) is 14.1. The summed E-state index contributed by atoms with van der Waals surface area (Å²) in [6, 6.07) is 8.01. The van der Waals surface area contributed by atoms with Crippen LogP contribution in [-0.4, -0.2) is 25.7 Å². The molecule has 2 aromatic carbocycles. The van der Waals surface area contributed by atoms with Crippen molar-refractivity contribution in [1.82, 2.24) is 19.9 Å². The van der Waals surface area contributed by atoms with Crippen molar-refractivity contribution in [2.75, 3.05) is 0 Å². The van der Waals surface area contributed by atoms with Gasteiger partial charge in [0.1, 0.15) is 0 Å². The van der Waals surface area contributed by atoms with Crippen LogP contribution in [0.15, 0.2) is 24.3 Å². The van der Waals surface area contributed by atoms with E-state index >= 15 is 0 Å². The monoisotopic (exact) mass is 318 g/mol. The highest BCUT2D eigenvalue weighted by atomic mass is 16.1. The number of benzene rings is 2. The lowest BCUT2D eigenvalue weighted by Crippen LogP contribution is -2.05. The number of hydrogen-bond donors (Lipinski definition) is 2. The molecule has 2 aromatic heterocycles. The molecule has 0 atom stereocenters. The van der Waals surface area contributed by atoms with Gasteiger partial charge >= 0.3 is 0 Å². The molecule has 0 aliphatic heterocycles. The molecule has 2 N–H and O–H groups in total. The largest absolute Gasteiger partial charge is 0.335 e. The number of rotatable bonds is 2. The van der Waals surface area contributed by atoms with Crippen LogP contribution in [0.3, 0.4) is 0 Å². The summed E-state index contributed by atoms with van der Waals surface area (Å²) in [6.07, 6.45) is 0. The van der Waals surface area contributed by atoms with E-state index in [9.17, 15) is 4.79 Å². The van der Waals surface area contributed by atoms with Crippen molar-refractivity contribution >= 4 is 27.9 Å². The number of aromatic nitrogens is 4. The number of nitrogens with zero attached hydrogens (tertiary/aromatic N) is 2. The zero-order chi connectivity index (χ0) is 17.0. The summed E-state index contributed by atoms with van der Waals surface area (Å²) in [4.78, 5) is 27.8. The maximum atomic E-state index is 12.7. The molecule has 4 aromatic rings. The SMILES string of the molecule is Cc1cc2nc(C(=O)c3nc4cc(C)c(C)cc4[nH]3)[nH]c2cc1C. The molecule has 0 aliphatic carbocycles. The molecule has 0 spiro atoms. The Morgan fingerprint density at radius 2 is 1.08 bits per heavy atom. The third-order valence-corrected chi connectivity index (χ3v) is 4.62. The number of ketones is 1. The summed E-state index contributed by atoms with van der Waals surface area (Å²) < 4.78 is 0. The van der Waals surface area contributed by atoms with Gasteiger partial charge in [0.25, 0.3) is 5.78 Å². The molecule has 4 rings (SSSR count). The van der Waals surface area contributed by atoms with Crippen molar-refractivity contribution in [3.05, 3.63) is 58.2 Å². The summed E-state index contributed by atoms with van der Waals surface area (Å²) in [6.45, 7) is 8.16. The molecule has 0 unspecified atom stereocenters. The molecule has 0 aliphatic rings. The predicted molar refractivity (Wildman–Crippen MR) is 94.6 cm³/mol. The van der Waals surface area contributed by atoms with Gasteiger partial charge in [0.15, 0.2) is 11.6 Å². The summed E-state index contributed by atoms with van der Waals surface area (Å²) in [7, 11) is 0. The molecule has 5 heteroatoms. The Hall–Kier alpha value is -2.95. The van der Waals surface area contributed by atoms with Gasteiger partial charge in [-0.15, -0.1) is 0 Å². The first-order valence-electron chi connectivity index (χ1n) is 7.91. The van der Waals surface area contributed by atoms with Crippen LogP contribution in [-0.2, 0) is 0 Å². The van der Waals surface area contributed by atoms with Gasteiger partial charge in [0.2, 0.25) is 0 Å². The van der Waals surface area contributed by atoms with Crippen LogP contribution in [0.2, 0.25) is 0 Å². The lowest BCUT2D eigenvalue weighted by molar-refractivity contribution is 0.102. The van der Waals surface area contributed by atoms with E-state index in [0.717, 1.165) is 33.2 Å². The Bertz CT molecular complexity index is 952. The summed E-state index contributed by atoms with van der Waals surface area (Å²) in [5.74, 6) is 0.387. The summed E-state index contributed by atoms with van der Waals surface area (Å²) >= 11 is 0. The van der Waals surface area contributed by atoms with Gasteiger partial charge < -0.3 is 9.97 Å². The number of carbonyl (C=O) groups is 1. The molecule has 0 fully saturated rings. The second-order valence-electron chi connectivity index (χ2n) is 6.41. The molecule has 0 saturated carbocycles. The van der Waals surface area contributed by atoms with Crippen LogP contribution in [0.4, 0.5) is 0 Å². The minimum Gasteiger partial charge on any atom is -0.335 e. The normalized spacial score (nSPS) is 11.5. The fraction of sp³-hybridized carbons (Fsp3) is 0.211. The van der Waals surface area contributed by atoms with Gasteiger partial charge in [0.05, 0.1) is 22.1 Å².